The van der Waals surface area contributed by atoms with Gasteiger partial charge >= 0.3 is 0 Å². The molecule has 0 amide bonds. The van der Waals surface area contributed by atoms with Gasteiger partial charge in [-0.25, -0.2) is 0 Å². The second-order valence-corrected chi connectivity index (χ2v) is 5.71. The number of rotatable bonds is 5. The average Bonchev–Trinajstić information content (AvgIpc) is 2.69. The molecule has 4 heteroatoms. The molecule has 4 nitrogen and oxygen atoms in total. The van der Waals surface area contributed by atoms with Gasteiger partial charge in [-0.05, 0) is 51.7 Å². The van der Waals surface area contributed by atoms with Gasteiger partial charge in [0.15, 0.2) is 0 Å². The van der Waals surface area contributed by atoms with Gasteiger partial charge in [-0.1, -0.05) is 6.07 Å². The van der Waals surface area contributed by atoms with Crippen LogP contribution in [0.25, 0.3) is 0 Å². The van der Waals surface area contributed by atoms with E-state index in [4.69, 9.17) is 4.74 Å². The van der Waals surface area contributed by atoms with Crippen LogP contribution in [0.4, 0.5) is 5.69 Å². The molecule has 1 fully saturated rings. The van der Waals surface area contributed by atoms with Gasteiger partial charge in [0.25, 0.3) is 0 Å². The van der Waals surface area contributed by atoms with Gasteiger partial charge in [0.2, 0.25) is 0 Å². The van der Waals surface area contributed by atoms with Crippen LogP contribution < -0.4 is 15.0 Å². The Bertz CT molecular complexity index is 412. The van der Waals surface area contributed by atoms with E-state index in [9.17, 15) is 0 Å². The summed E-state index contributed by atoms with van der Waals surface area (Å²) in [5.41, 5.74) is 2.53. The highest BCUT2D eigenvalue weighted by molar-refractivity contribution is 5.60. The fourth-order valence-corrected chi connectivity index (χ4v) is 2.42. The third kappa shape index (κ3) is 4.39. The van der Waals surface area contributed by atoms with Gasteiger partial charge < -0.3 is 19.9 Å². The summed E-state index contributed by atoms with van der Waals surface area (Å²) in [6.07, 6.45) is 1.19. The molecular formula is C16H27N3O. The van der Waals surface area contributed by atoms with Crippen molar-refractivity contribution < 1.29 is 4.74 Å². The third-order valence-corrected chi connectivity index (χ3v) is 3.59. The van der Waals surface area contributed by atoms with Crippen molar-refractivity contribution >= 4 is 5.69 Å². The lowest BCUT2D eigenvalue weighted by Gasteiger charge is -2.25. The van der Waals surface area contributed by atoms with Crippen LogP contribution in [0.3, 0.4) is 0 Å². The molecule has 1 aliphatic heterocycles. The zero-order valence-electron chi connectivity index (χ0n) is 13.0. The van der Waals surface area contributed by atoms with E-state index < -0.39 is 0 Å². The fraction of sp³-hybridized carbons (Fsp3) is 0.625. The second kappa shape index (κ2) is 7.50. The van der Waals surface area contributed by atoms with Gasteiger partial charge in [0.05, 0.1) is 5.69 Å². The molecule has 1 N–H and O–H groups in total. The first kappa shape index (κ1) is 15.1. The predicted molar refractivity (Wildman–Crippen MR) is 84.9 cm³/mol. The van der Waals surface area contributed by atoms with Gasteiger partial charge in [-0.2, -0.15) is 0 Å². The number of likely N-dealkylation sites (N-methyl/N-ethyl adjacent to an activating group) is 1. The number of ether oxygens (including phenoxy) is 1. The molecule has 1 aliphatic rings. The monoisotopic (exact) mass is 277 g/mol. The van der Waals surface area contributed by atoms with Crippen LogP contribution in [0.2, 0.25) is 0 Å². The predicted octanol–water partition coefficient (Wildman–Crippen LogP) is 1.74. The molecular weight excluding hydrogens is 250 g/mol. The van der Waals surface area contributed by atoms with Crippen LogP contribution in [-0.2, 0) is 0 Å². The van der Waals surface area contributed by atoms with Crippen LogP contribution in [0.1, 0.15) is 12.0 Å². The molecule has 1 saturated heterocycles. The third-order valence-electron chi connectivity index (χ3n) is 3.59. The largest absolute Gasteiger partial charge is 0.490 e. The number of hydrogen-bond donors (Lipinski definition) is 1. The minimum atomic E-state index is 0.731. The maximum absolute atomic E-state index is 5.99. The molecule has 0 aliphatic carbocycles. The summed E-state index contributed by atoms with van der Waals surface area (Å²) in [7, 11) is 4.14. The molecule has 1 aromatic carbocycles. The Balaban J connectivity index is 2.09. The van der Waals surface area contributed by atoms with E-state index in [1.54, 1.807) is 0 Å². The molecule has 112 valence electrons. The highest BCUT2D eigenvalue weighted by Crippen LogP contribution is 2.30. The first-order chi connectivity index (χ1) is 9.66. The van der Waals surface area contributed by atoms with Gasteiger partial charge in [-0.15, -0.1) is 0 Å². The summed E-state index contributed by atoms with van der Waals surface area (Å²) in [5, 5.41) is 3.45. The number of nitrogens with one attached hydrogen (secondary N) is 1. The van der Waals surface area contributed by atoms with Crippen molar-refractivity contribution in [3.05, 3.63) is 23.8 Å². The lowest BCUT2D eigenvalue weighted by molar-refractivity contribution is 0.261. The Labute approximate surface area is 122 Å². The molecule has 1 aromatic rings. The smallest absolute Gasteiger partial charge is 0.142 e. The fourth-order valence-electron chi connectivity index (χ4n) is 2.42. The molecule has 0 unspecified atom stereocenters. The van der Waals surface area contributed by atoms with Crippen LogP contribution in [0.15, 0.2) is 18.2 Å². The summed E-state index contributed by atoms with van der Waals surface area (Å²) >= 11 is 0. The van der Waals surface area contributed by atoms with Gasteiger partial charge in [-0.3, -0.25) is 0 Å². The first-order valence-corrected chi connectivity index (χ1v) is 7.50. The number of hydrogen-bond acceptors (Lipinski definition) is 4. The lowest BCUT2D eigenvalue weighted by atomic mass is 10.2. The Morgan fingerprint density at radius 3 is 2.90 bits per heavy atom. The standard InChI is InChI=1S/C16H27N3O/c1-14-5-6-16(20-12-11-18(2)3)15(13-14)19-9-4-7-17-8-10-19/h5-6,13,17H,4,7-12H2,1-3H3. The van der Waals surface area contributed by atoms with E-state index in [-0.39, 0.29) is 0 Å². The molecule has 0 aromatic heterocycles. The first-order valence-electron chi connectivity index (χ1n) is 7.50. The van der Waals surface area contributed by atoms with Crippen molar-refractivity contribution in [2.45, 2.75) is 13.3 Å². The van der Waals surface area contributed by atoms with Crippen molar-refractivity contribution in [2.75, 3.05) is 58.3 Å². The molecule has 0 bridgehead atoms. The minimum absolute atomic E-state index is 0.731. The lowest BCUT2D eigenvalue weighted by Crippen LogP contribution is -2.28. The maximum atomic E-state index is 5.99. The average molecular weight is 277 g/mol. The Morgan fingerprint density at radius 1 is 1.25 bits per heavy atom. The molecule has 20 heavy (non-hydrogen) atoms. The van der Waals surface area contributed by atoms with Crippen molar-refractivity contribution in [2.24, 2.45) is 0 Å². The number of aryl methyl sites for hydroxylation is 1. The van der Waals surface area contributed by atoms with Crippen LogP contribution in [0.5, 0.6) is 5.75 Å². The Morgan fingerprint density at radius 2 is 2.10 bits per heavy atom. The van der Waals surface area contributed by atoms with E-state index in [2.05, 4.69) is 54.3 Å². The van der Waals surface area contributed by atoms with E-state index >= 15 is 0 Å². The molecule has 0 radical (unpaired) electrons. The quantitative estimate of drug-likeness (QED) is 0.887. The maximum Gasteiger partial charge on any atom is 0.142 e. The highest BCUT2D eigenvalue weighted by atomic mass is 16.5. The molecule has 2 rings (SSSR count). The van der Waals surface area contributed by atoms with E-state index in [0.717, 1.165) is 45.1 Å². The summed E-state index contributed by atoms with van der Waals surface area (Å²) in [6.45, 7) is 8.12. The van der Waals surface area contributed by atoms with Crippen molar-refractivity contribution in [3.8, 4) is 5.75 Å². The number of anilines is 1. The van der Waals surface area contributed by atoms with Crippen LogP contribution in [0, 0.1) is 6.92 Å². The minimum Gasteiger partial charge on any atom is -0.490 e. The van der Waals surface area contributed by atoms with Crippen molar-refractivity contribution in [3.63, 3.8) is 0 Å². The molecule has 1 heterocycles. The zero-order valence-corrected chi connectivity index (χ0v) is 13.0. The normalized spacial score (nSPS) is 16.3. The topological polar surface area (TPSA) is 27.7 Å². The van der Waals surface area contributed by atoms with E-state index in [1.165, 1.54) is 17.7 Å². The highest BCUT2D eigenvalue weighted by Gasteiger charge is 2.14. The van der Waals surface area contributed by atoms with E-state index in [0.29, 0.717) is 0 Å². The van der Waals surface area contributed by atoms with E-state index in [1.807, 2.05) is 0 Å². The Kier molecular flexibility index (Phi) is 5.68. The van der Waals surface area contributed by atoms with Gasteiger partial charge in [0, 0.05) is 26.2 Å². The van der Waals surface area contributed by atoms with Crippen molar-refractivity contribution in [1.82, 2.24) is 10.2 Å². The van der Waals surface area contributed by atoms with Crippen LogP contribution >= 0.6 is 0 Å². The molecule has 0 saturated carbocycles. The number of benzene rings is 1. The molecule has 0 spiro atoms. The second-order valence-electron chi connectivity index (χ2n) is 5.71. The summed E-state index contributed by atoms with van der Waals surface area (Å²) in [6, 6.07) is 6.49. The SMILES string of the molecule is Cc1ccc(OCCN(C)C)c(N2CCCNCC2)c1. The molecule has 0 atom stereocenters. The van der Waals surface area contributed by atoms with Crippen LogP contribution in [-0.4, -0.2) is 58.3 Å². The van der Waals surface area contributed by atoms with Gasteiger partial charge in [0.1, 0.15) is 12.4 Å². The zero-order chi connectivity index (χ0) is 14.4. The summed E-state index contributed by atoms with van der Waals surface area (Å²) in [4.78, 5) is 4.59. The summed E-state index contributed by atoms with van der Waals surface area (Å²) in [5.74, 6) is 1.01. The Hall–Kier alpha value is -1.26. The van der Waals surface area contributed by atoms with Crippen molar-refractivity contribution in [1.29, 1.82) is 0 Å². The number of nitrogens with zero attached hydrogens (tertiary/aromatic N) is 2. The summed E-state index contributed by atoms with van der Waals surface area (Å²) < 4.78 is 5.99.